The second-order valence-electron chi connectivity index (χ2n) is 5.17. The minimum atomic E-state index is -1.49. The zero-order valence-electron chi connectivity index (χ0n) is 13.8. The van der Waals surface area contributed by atoms with Gasteiger partial charge in [0, 0.05) is 18.2 Å². The number of halogens is 2. The average molecular weight is 362 g/mol. The van der Waals surface area contributed by atoms with Crippen molar-refractivity contribution in [2.24, 2.45) is 0 Å². The number of rotatable bonds is 5. The quantitative estimate of drug-likeness (QED) is 0.801. The Morgan fingerprint density at radius 2 is 1.77 bits per heavy atom. The molecule has 0 bridgehead atoms. The van der Waals surface area contributed by atoms with E-state index in [-0.39, 0.29) is 12.1 Å². The summed E-state index contributed by atoms with van der Waals surface area (Å²) < 4.78 is 31.8. The first-order chi connectivity index (χ1) is 12.4. The zero-order valence-corrected chi connectivity index (χ0v) is 13.8. The van der Waals surface area contributed by atoms with Crippen LogP contribution in [0.2, 0.25) is 0 Å². The van der Waals surface area contributed by atoms with Crippen LogP contribution in [0.15, 0.2) is 48.5 Å². The smallest absolute Gasteiger partial charge is 0.342 e. The van der Waals surface area contributed by atoms with Crippen LogP contribution in [-0.4, -0.2) is 24.5 Å². The number of benzene rings is 2. The summed E-state index contributed by atoms with van der Waals surface area (Å²) in [4.78, 5) is 36.1. The number of imide groups is 1. The van der Waals surface area contributed by atoms with Crippen LogP contribution in [0, 0.1) is 11.6 Å². The summed E-state index contributed by atoms with van der Waals surface area (Å²) in [5.74, 6) is -4.04. The SMILES string of the molecule is CCNC(=O)NC(=O)[C@@H](OC(=O)c1ccc(F)cc1F)c1ccccc1. The molecule has 0 radical (unpaired) electrons. The number of hydrogen-bond donors (Lipinski definition) is 2. The van der Waals surface area contributed by atoms with Gasteiger partial charge in [-0.1, -0.05) is 30.3 Å². The topological polar surface area (TPSA) is 84.5 Å². The molecule has 1 atom stereocenters. The van der Waals surface area contributed by atoms with Crippen molar-refractivity contribution in [3.63, 3.8) is 0 Å². The molecule has 8 heteroatoms. The van der Waals surface area contributed by atoms with E-state index in [1.54, 1.807) is 25.1 Å². The lowest BCUT2D eigenvalue weighted by atomic mass is 10.1. The molecule has 2 N–H and O–H groups in total. The number of hydrogen-bond acceptors (Lipinski definition) is 4. The molecule has 3 amide bonds. The fourth-order valence-electron chi connectivity index (χ4n) is 2.11. The molecule has 0 saturated carbocycles. The Balaban J connectivity index is 2.25. The lowest BCUT2D eigenvalue weighted by molar-refractivity contribution is -0.129. The molecule has 0 aliphatic carbocycles. The number of carbonyl (C=O) groups excluding carboxylic acids is 3. The van der Waals surface area contributed by atoms with Crippen molar-refractivity contribution in [3.8, 4) is 0 Å². The van der Waals surface area contributed by atoms with Crippen LogP contribution in [0.4, 0.5) is 13.6 Å². The van der Waals surface area contributed by atoms with Crippen molar-refractivity contribution >= 4 is 17.9 Å². The fourth-order valence-corrected chi connectivity index (χ4v) is 2.11. The van der Waals surface area contributed by atoms with E-state index >= 15 is 0 Å². The second-order valence-corrected chi connectivity index (χ2v) is 5.17. The summed E-state index contributed by atoms with van der Waals surface area (Å²) in [7, 11) is 0. The molecule has 0 aliphatic rings. The van der Waals surface area contributed by atoms with Gasteiger partial charge >= 0.3 is 12.0 Å². The number of amides is 3. The maximum Gasteiger partial charge on any atom is 0.342 e. The Bertz CT molecular complexity index is 812. The van der Waals surface area contributed by atoms with E-state index in [2.05, 4.69) is 5.32 Å². The Morgan fingerprint density at radius 1 is 1.08 bits per heavy atom. The summed E-state index contributed by atoms with van der Waals surface area (Å²) >= 11 is 0. The number of nitrogens with one attached hydrogen (secondary N) is 2. The highest BCUT2D eigenvalue weighted by Crippen LogP contribution is 2.21. The van der Waals surface area contributed by atoms with Crippen molar-refractivity contribution in [1.29, 1.82) is 0 Å². The van der Waals surface area contributed by atoms with Crippen molar-refractivity contribution in [3.05, 3.63) is 71.3 Å². The van der Waals surface area contributed by atoms with Gasteiger partial charge in [0.05, 0.1) is 5.56 Å². The van der Waals surface area contributed by atoms with Crippen molar-refractivity contribution in [1.82, 2.24) is 10.6 Å². The van der Waals surface area contributed by atoms with Gasteiger partial charge in [-0.15, -0.1) is 0 Å². The van der Waals surface area contributed by atoms with Gasteiger partial charge in [0.25, 0.3) is 5.91 Å². The van der Waals surface area contributed by atoms with Crippen LogP contribution in [0.25, 0.3) is 0 Å². The third kappa shape index (κ3) is 4.85. The van der Waals surface area contributed by atoms with E-state index in [1.807, 2.05) is 5.32 Å². The monoisotopic (exact) mass is 362 g/mol. The van der Waals surface area contributed by atoms with Crippen LogP contribution >= 0.6 is 0 Å². The van der Waals surface area contributed by atoms with E-state index in [1.165, 1.54) is 12.1 Å². The molecule has 26 heavy (non-hydrogen) atoms. The summed E-state index contributed by atoms with van der Waals surface area (Å²) in [5.41, 5.74) is -0.247. The summed E-state index contributed by atoms with van der Waals surface area (Å²) in [5, 5.41) is 4.41. The van der Waals surface area contributed by atoms with Gasteiger partial charge in [-0.3, -0.25) is 10.1 Å². The molecule has 0 spiro atoms. The molecule has 0 aliphatic heterocycles. The summed E-state index contributed by atoms with van der Waals surface area (Å²) in [6.07, 6.45) is -1.49. The minimum absolute atomic E-state index is 0.283. The standard InChI is InChI=1S/C18H16F2N2O4/c1-2-21-18(25)22-16(23)15(11-6-4-3-5-7-11)26-17(24)13-9-8-12(19)10-14(13)20/h3-10,15H,2H2,1H3,(H2,21,22,23,25)/t15-/m0/s1. The van der Waals surface area contributed by atoms with Crippen molar-refractivity contribution < 1.29 is 27.9 Å². The summed E-state index contributed by atoms with van der Waals surface area (Å²) in [6.45, 7) is 1.95. The molecule has 0 saturated heterocycles. The van der Waals surface area contributed by atoms with Gasteiger partial charge in [-0.2, -0.15) is 0 Å². The largest absolute Gasteiger partial charge is 0.444 e. The minimum Gasteiger partial charge on any atom is -0.444 e. The van der Waals surface area contributed by atoms with E-state index in [0.717, 1.165) is 12.1 Å². The fraction of sp³-hybridized carbons (Fsp3) is 0.167. The first kappa shape index (κ1) is 19.0. The average Bonchev–Trinajstić information content (AvgIpc) is 2.60. The molecule has 2 aromatic carbocycles. The predicted molar refractivity (Wildman–Crippen MR) is 88.2 cm³/mol. The predicted octanol–water partition coefficient (Wildman–Crippen LogP) is 2.71. The van der Waals surface area contributed by atoms with Gasteiger partial charge in [-0.25, -0.2) is 18.4 Å². The van der Waals surface area contributed by atoms with E-state index in [9.17, 15) is 23.2 Å². The highest BCUT2D eigenvalue weighted by Gasteiger charge is 2.28. The van der Waals surface area contributed by atoms with E-state index in [0.29, 0.717) is 6.07 Å². The molecule has 2 aromatic rings. The van der Waals surface area contributed by atoms with E-state index < -0.39 is 41.2 Å². The molecular formula is C18H16F2N2O4. The molecule has 2 rings (SSSR count). The van der Waals surface area contributed by atoms with Gasteiger partial charge in [0.15, 0.2) is 0 Å². The Hall–Kier alpha value is -3.29. The first-order valence-electron chi connectivity index (χ1n) is 7.72. The first-order valence-corrected chi connectivity index (χ1v) is 7.72. The van der Waals surface area contributed by atoms with Crippen molar-refractivity contribution in [2.45, 2.75) is 13.0 Å². The Labute approximate surface area is 148 Å². The number of carbonyl (C=O) groups is 3. The van der Waals surface area contributed by atoms with Crippen molar-refractivity contribution in [2.75, 3.05) is 6.54 Å². The number of esters is 1. The van der Waals surface area contributed by atoms with Crippen LogP contribution in [0.5, 0.6) is 0 Å². The van der Waals surface area contributed by atoms with Gasteiger partial charge in [0.2, 0.25) is 6.10 Å². The number of urea groups is 1. The molecular weight excluding hydrogens is 346 g/mol. The normalized spacial score (nSPS) is 11.3. The third-order valence-electron chi connectivity index (χ3n) is 3.29. The van der Waals surface area contributed by atoms with E-state index in [4.69, 9.17) is 4.74 Å². The van der Waals surface area contributed by atoms with Crippen LogP contribution < -0.4 is 10.6 Å². The highest BCUT2D eigenvalue weighted by molar-refractivity contribution is 5.99. The van der Waals surface area contributed by atoms with Crippen LogP contribution in [-0.2, 0) is 9.53 Å². The third-order valence-corrected chi connectivity index (χ3v) is 3.29. The molecule has 0 fully saturated rings. The second kappa shape index (κ2) is 8.70. The van der Waals surface area contributed by atoms with Gasteiger partial charge in [0.1, 0.15) is 11.6 Å². The Kier molecular flexibility index (Phi) is 6.37. The lowest BCUT2D eigenvalue weighted by Crippen LogP contribution is -2.42. The van der Waals surface area contributed by atoms with Crippen LogP contribution in [0.3, 0.4) is 0 Å². The Morgan fingerprint density at radius 3 is 2.38 bits per heavy atom. The molecule has 0 aromatic heterocycles. The molecule has 136 valence electrons. The molecule has 6 nitrogen and oxygen atoms in total. The maximum absolute atomic E-state index is 13.8. The van der Waals surface area contributed by atoms with Gasteiger partial charge in [-0.05, 0) is 19.1 Å². The molecule has 0 unspecified atom stereocenters. The number of ether oxygens (including phenoxy) is 1. The highest BCUT2D eigenvalue weighted by atomic mass is 19.1. The maximum atomic E-state index is 13.8. The zero-order chi connectivity index (χ0) is 19.1. The summed E-state index contributed by atoms with van der Waals surface area (Å²) in [6, 6.07) is 9.49. The van der Waals surface area contributed by atoms with Crippen LogP contribution in [0.1, 0.15) is 28.9 Å². The molecule has 0 heterocycles. The van der Waals surface area contributed by atoms with Gasteiger partial charge < -0.3 is 10.1 Å². The lowest BCUT2D eigenvalue weighted by Gasteiger charge is -2.18.